The second kappa shape index (κ2) is 6.16. The fraction of sp³-hybridized carbons (Fsp3) is 0.857. The Morgan fingerprint density at radius 3 is 2.37 bits per heavy atom. The fourth-order valence-corrected chi connectivity index (χ4v) is 3.11. The number of carbonyl (C=O) groups excluding carboxylic acids is 2. The molecule has 0 aliphatic carbocycles. The summed E-state index contributed by atoms with van der Waals surface area (Å²) in [5.74, 6) is 1.12. The van der Waals surface area contributed by atoms with Crippen LogP contribution in [0.25, 0.3) is 0 Å². The second-order valence-electron chi connectivity index (χ2n) is 6.15. The van der Waals surface area contributed by atoms with Crippen LogP contribution in [-0.4, -0.2) is 46.3 Å². The third-order valence-corrected chi connectivity index (χ3v) is 4.26. The molecular formula is C14H26N2O2S. The lowest BCUT2D eigenvalue weighted by Crippen LogP contribution is -2.70. The van der Waals surface area contributed by atoms with E-state index in [0.717, 1.165) is 12.2 Å². The molecule has 2 unspecified atom stereocenters. The van der Waals surface area contributed by atoms with E-state index in [0.29, 0.717) is 0 Å². The van der Waals surface area contributed by atoms with E-state index in [4.69, 9.17) is 0 Å². The van der Waals surface area contributed by atoms with Crippen LogP contribution in [0.1, 0.15) is 41.0 Å². The van der Waals surface area contributed by atoms with Gasteiger partial charge < -0.3 is 10.2 Å². The van der Waals surface area contributed by atoms with E-state index in [1.807, 2.05) is 20.8 Å². The highest BCUT2D eigenvalue weighted by Crippen LogP contribution is 2.26. The lowest BCUT2D eigenvalue weighted by molar-refractivity contribution is -0.158. The number of nitrogens with zero attached hydrogens (tertiary/aromatic N) is 1. The first-order valence-electron chi connectivity index (χ1n) is 6.86. The van der Waals surface area contributed by atoms with Gasteiger partial charge in [-0.15, -0.1) is 0 Å². The molecule has 0 aromatic rings. The largest absolute Gasteiger partial charge is 0.340 e. The Kier molecular flexibility index (Phi) is 5.30. The molecule has 0 aromatic heterocycles. The first kappa shape index (κ1) is 16.3. The summed E-state index contributed by atoms with van der Waals surface area (Å²) in [6.07, 6.45) is 2.97. The Hall–Kier alpha value is -0.710. The van der Waals surface area contributed by atoms with Crippen molar-refractivity contribution in [3.05, 3.63) is 0 Å². The van der Waals surface area contributed by atoms with Gasteiger partial charge in [0.15, 0.2) is 0 Å². The summed E-state index contributed by atoms with van der Waals surface area (Å²) in [5.41, 5.74) is -0.796. The standard InChI is InChI=1S/C14H26N2O2S/c1-9(2)11-12(17)15-14(4,5)13(18)16(11)10(3)7-8-19-6/h9-11H,7-8H2,1-6H3,(H,15,17). The Balaban J connectivity index is 3.02. The van der Waals surface area contributed by atoms with Gasteiger partial charge in [0.2, 0.25) is 11.8 Å². The van der Waals surface area contributed by atoms with Crippen LogP contribution >= 0.6 is 11.8 Å². The summed E-state index contributed by atoms with van der Waals surface area (Å²) in [7, 11) is 0. The first-order chi connectivity index (χ1) is 8.72. The number of hydrogen-bond acceptors (Lipinski definition) is 3. The molecule has 19 heavy (non-hydrogen) atoms. The van der Waals surface area contributed by atoms with Gasteiger partial charge >= 0.3 is 0 Å². The Morgan fingerprint density at radius 1 is 1.32 bits per heavy atom. The SMILES string of the molecule is CSCCC(C)N1C(=O)C(C)(C)NC(=O)C1C(C)C. The summed E-state index contributed by atoms with van der Waals surface area (Å²) in [6, 6.07) is -0.255. The molecule has 4 nitrogen and oxygen atoms in total. The average molecular weight is 286 g/mol. The smallest absolute Gasteiger partial charge is 0.248 e. The molecule has 1 fully saturated rings. The molecule has 1 aliphatic heterocycles. The van der Waals surface area contributed by atoms with Gasteiger partial charge in [0, 0.05) is 6.04 Å². The third-order valence-electron chi connectivity index (χ3n) is 3.62. The molecule has 0 aromatic carbocycles. The van der Waals surface area contributed by atoms with Crippen LogP contribution in [0.15, 0.2) is 0 Å². The van der Waals surface area contributed by atoms with Crippen molar-refractivity contribution in [3.63, 3.8) is 0 Å². The first-order valence-corrected chi connectivity index (χ1v) is 8.25. The van der Waals surface area contributed by atoms with Crippen molar-refractivity contribution in [1.82, 2.24) is 10.2 Å². The van der Waals surface area contributed by atoms with E-state index in [2.05, 4.69) is 11.6 Å². The molecule has 2 atom stereocenters. The highest BCUT2D eigenvalue weighted by molar-refractivity contribution is 7.98. The molecule has 0 saturated carbocycles. The zero-order valence-corrected chi connectivity index (χ0v) is 13.6. The average Bonchev–Trinajstić information content (AvgIpc) is 2.29. The number of amides is 2. The van der Waals surface area contributed by atoms with Crippen LogP contribution in [0.5, 0.6) is 0 Å². The van der Waals surface area contributed by atoms with E-state index in [-0.39, 0.29) is 29.8 Å². The Labute approximate surface area is 120 Å². The van der Waals surface area contributed by atoms with E-state index < -0.39 is 5.54 Å². The van der Waals surface area contributed by atoms with E-state index in [1.165, 1.54) is 0 Å². The maximum atomic E-state index is 12.6. The van der Waals surface area contributed by atoms with E-state index in [1.54, 1.807) is 30.5 Å². The molecule has 5 heteroatoms. The van der Waals surface area contributed by atoms with Gasteiger partial charge in [-0.2, -0.15) is 11.8 Å². The van der Waals surface area contributed by atoms with Gasteiger partial charge in [0.05, 0.1) is 0 Å². The Morgan fingerprint density at radius 2 is 1.89 bits per heavy atom. The summed E-state index contributed by atoms with van der Waals surface area (Å²) in [4.78, 5) is 26.7. The minimum Gasteiger partial charge on any atom is -0.340 e. The molecule has 0 bridgehead atoms. The van der Waals surface area contributed by atoms with Crippen molar-refractivity contribution >= 4 is 23.6 Å². The van der Waals surface area contributed by atoms with Crippen LogP contribution in [-0.2, 0) is 9.59 Å². The van der Waals surface area contributed by atoms with Gasteiger partial charge in [0.1, 0.15) is 11.6 Å². The number of thioether (sulfide) groups is 1. The van der Waals surface area contributed by atoms with Gasteiger partial charge in [-0.05, 0) is 45.1 Å². The number of piperazine rings is 1. The maximum Gasteiger partial charge on any atom is 0.248 e. The van der Waals surface area contributed by atoms with Crippen molar-refractivity contribution in [2.24, 2.45) is 5.92 Å². The van der Waals surface area contributed by atoms with Gasteiger partial charge in [-0.1, -0.05) is 13.8 Å². The predicted molar refractivity (Wildman–Crippen MR) is 80.2 cm³/mol. The van der Waals surface area contributed by atoms with Gasteiger partial charge in [-0.3, -0.25) is 9.59 Å². The minimum atomic E-state index is -0.796. The monoisotopic (exact) mass is 286 g/mol. The van der Waals surface area contributed by atoms with Crippen LogP contribution in [0.2, 0.25) is 0 Å². The van der Waals surface area contributed by atoms with Crippen molar-refractivity contribution < 1.29 is 9.59 Å². The topological polar surface area (TPSA) is 49.4 Å². The summed E-state index contributed by atoms with van der Waals surface area (Å²) in [6.45, 7) is 9.57. The van der Waals surface area contributed by atoms with Crippen LogP contribution in [0.3, 0.4) is 0 Å². The highest BCUT2D eigenvalue weighted by atomic mass is 32.2. The lowest BCUT2D eigenvalue weighted by atomic mass is 9.90. The molecule has 1 N–H and O–H groups in total. The molecule has 2 amide bonds. The summed E-state index contributed by atoms with van der Waals surface area (Å²) >= 11 is 1.77. The van der Waals surface area contributed by atoms with Gasteiger partial charge in [-0.25, -0.2) is 0 Å². The highest BCUT2D eigenvalue weighted by Gasteiger charge is 2.47. The van der Waals surface area contributed by atoms with Crippen LogP contribution in [0.4, 0.5) is 0 Å². The fourth-order valence-electron chi connectivity index (χ4n) is 2.54. The number of hydrogen-bond donors (Lipinski definition) is 1. The van der Waals surface area contributed by atoms with E-state index in [9.17, 15) is 9.59 Å². The quantitative estimate of drug-likeness (QED) is 0.839. The van der Waals surface area contributed by atoms with Crippen molar-refractivity contribution in [3.8, 4) is 0 Å². The van der Waals surface area contributed by atoms with Gasteiger partial charge in [0.25, 0.3) is 0 Å². The normalized spacial score (nSPS) is 24.6. The molecule has 110 valence electrons. The second-order valence-corrected chi connectivity index (χ2v) is 7.13. The predicted octanol–water partition coefficient (Wildman–Crippen LogP) is 1.89. The van der Waals surface area contributed by atoms with Crippen molar-refractivity contribution in [2.75, 3.05) is 12.0 Å². The third kappa shape index (κ3) is 3.44. The zero-order valence-electron chi connectivity index (χ0n) is 12.8. The number of rotatable bonds is 5. The number of carbonyl (C=O) groups is 2. The molecule has 0 spiro atoms. The molecule has 1 heterocycles. The molecule has 1 saturated heterocycles. The van der Waals surface area contributed by atoms with E-state index >= 15 is 0 Å². The molecular weight excluding hydrogens is 260 g/mol. The van der Waals surface area contributed by atoms with Crippen LogP contribution in [0, 0.1) is 5.92 Å². The van der Waals surface area contributed by atoms with Crippen molar-refractivity contribution in [2.45, 2.75) is 58.7 Å². The van der Waals surface area contributed by atoms with Crippen LogP contribution < -0.4 is 5.32 Å². The molecule has 0 radical (unpaired) electrons. The summed E-state index contributed by atoms with van der Waals surface area (Å²) < 4.78 is 0. The zero-order chi connectivity index (χ0) is 14.8. The number of nitrogens with one attached hydrogen (secondary N) is 1. The molecule has 1 rings (SSSR count). The molecule has 1 aliphatic rings. The Bertz CT molecular complexity index is 355. The minimum absolute atomic E-state index is 0.0272. The lowest BCUT2D eigenvalue weighted by Gasteiger charge is -2.47. The van der Waals surface area contributed by atoms with Crippen molar-refractivity contribution in [1.29, 1.82) is 0 Å². The maximum absolute atomic E-state index is 12.6. The summed E-state index contributed by atoms with van der Waals surface area (Å²) in [5, 5.41) is 2.84.